The lowest BCUT2D eigenvalue weighted by Gasteiger charge is -2.23. The van der Waals surface area contributed by atoms with Crippen LogP contribution in [0.2, 0.25) is 0 Å². The van der Waals surface area contributed by atoms with Gasteiger partial charge in [0.25, 0.3) is 0 Å². The van der Waals surface area contributed by atoms with Gasteiger partial charge in [-0.1, -0.05) is 0 Å². The Balaban J connectivity index is 5.49. The standard InChI is InChI=1S/C8H14N2O2S/c1-6(5-9)7(10)8(2,3)13(4,11)12/h10H2,1-4H3. The third-order valence-corrected chi connectivity index (χ3v) is 4.22. The quantitative estimate of drug-likeness (QED) is 0.663. The molecule has 0 spiro atoms. The van der Waals surface area contributed by atoms with E-state index in [1.54, 1.807) is 0 Å². The first-order valence-electron chi connectivity index (χ1n) is 3.71. The Kier molecular flexibility index (Phi) is 3.12. The number of nitrogens with zero attached hydrogens (tertiary/aromatic N) is 1. The minimum Gasteiger partial charge on any atom is -0.400 e. The van der Waals surface area contributed by atoms with Crippen molar-refractivity contribution in [3.05, 3.63) is 11.3 Å². The number of sulfone groups is 1. The minimum atomic E-state index is -3.29. The topological polar surface area (TPSA) is 83.9 Å². The molecule has 5 heteroatoms. The average molecular weight is 202 g/mol. The number of nitrogens with two attached hydrogens (primary N) is 1. The van der Waals surface area contributed by atoms with Crippen molar-refractivity contribution in [3.8, 4) is 6.07 Å². The zero-order valence-corrected chi connectivity index (χ0v) is 9.07. The molecular formula is C8H14N2O2S. The van der Waals surface area contributed by atoms with E-state index < -0.39 is 14.6 Å². The first kappa shape index (κ1) is 12.0. The Hall–Kier alpha value is -1.02. The smallest absolute Gasteiger partial charge is 0.158 e. The molecular weight excluding hydrogens is 188 g/mol. The zero-order chi connectivity index (χ0) is 10.9. The molecule has 0 saturated heterocycles. The third-order valence-electron chi connectivity index (χ3n) is 2.15. The van der Waals surface area contributed by atoms with Crippen LogP contribution in [0.25, 0.3) is 0 Å². The SMILES string of the molecule is CC(C#N)=C(N)C(C)(C)S(C)(=O)=O. The van der Waals surface area contributed by atoms with Crippen molar-refractivity contribution < 1.29 is 8.42 Å². The van der Waals surface area contributed by atoms with Crippen molar-refractivity contribution in [2.24, 2.45) is 5.73 Å². The molecule has 0 aliphatic carbocycles. The minimum absolute atomic E-state index is 0.109. The van der Waals surface area contributed by atoms with Crippen LogP contribution < -0.4 is 5.73 Å². The van der Waals surface area contributed by atoms with Gasteiger partial charge in [-0.15, -0.1) is 0 Å². The summed E-state index contributed by atoms with van der Waals surface area (Å²) in [6.07, 6.45) is 1.10. The second kappa shape index (κ2) is 3.38. The van der Waals surface area contributed by atoms with Crippen molar-refractivity contribution in [2.45, 2.75) is 25.5 Å². The molecule has 0 rings (SSSR count). The van der Waals surface area contributed by atoms with Gasteiger partial charge in [-0.25, -0.2) is 8.42 Å². The van der Waals surface area contributed by atoms with Crippen molar-refractivity contribution in [1.82, 2.24) is 0 Å². The van der Waals surface area contributed by atoms with Crippen LogP contribution in [0.5, 0.6) is 0 Å². The summed E-state index contributed by atoms with van der Waals surface area (Å²) >= 11 is 0. The van der Waals surface area contributed by atoms with Gasteiger partial charge in [-0.2, -0.15) is 5.26 Å². The van der Waals surface area contributed by atoms with E-state index in [2.05, 4.69) is 0 Å². The number of hydrogen-bond donors (Lipinski definition) is 1. The molecule has 0 amide bonds. The van der Waals surface area contributed by atoms with Gasteiger partial charge in [0.2, 0.25) is 0 Å². The zero-order valence-electron chi connectivity index (χ0n) is 8.25. The van der Waals surface area contributed by atoms with Crippen LogP contribution in [-0.4, -0.2) is 19.4 Å². The van der Waals surface area contributed by atoms with E-state index in [1.165, 1.54) is 20.8 Å². The van der Waals surface area contributed by atoms with Crippen molar-refractivity contribution in [2.75, 3.05) is 6.26 Å². The van der Waals surface area contributed by atoms with Crippen molar-refractivity contribution >= 4 is 9.84 Å². The number of allylic oxidation sites excluding steroid dienone is 1. The maximum Gasteiger partial charge on any atom is 0.158 e. The highest BCUT2D eigenvalue weighted by atomic mass is 32.2. The fraction of sp³-hybridized carbons (Fsp3) is 0.625. The van der Waals surface area contributed by atoms with Gasteiger partial charge >= 0.3 is 0 Å². The molecule has 4 nitrogen and oxygen atoms in total. The van der Waals surface area contributed by atoms with Crippen LogP contribution in [-0.2, 0) is 9.84 Å². The van der Waals surface area contributed by atoms with Crippen molar-refractivity contribution in [3.63, 3.8) is 0 Å². The van der Waals surface area contributed by atoms with Gasteiger partial charge in [0.05, 0.1) is 6.07 Å². The van der Waals surface area contributed by atoms with Gasteiger partial charge in [0.1, 0.15) is 4.75 Å². The summed E-state index contributed by atoms with van der Waals surface area (Å²) in [5.74, 6) is 0. The Morgan fingerprint density at radius 2 is 1.85 bits per heavy atom. The molecule has 0 atom stereocenters. The molecule has 2 N–H and O–H groups in total. The average Bonchev–Trinajstić information content (AvgIpc) is 1.99. The second-order valence-corrected chi connectivity index (χ2v) is 6.00. The van der Waals surface area contributed by atoms with Crippen LogP contribution in [0.1, 0.15) is 20.8 Å². The first-order chi connectivity index (χ1) is 5.64. The van der Waals surface area contributed by atoms with E-state index in [0.717, 1.165) is 6.26 Å². The molecule has 0 aromatic heterocycles. The van der Waals surface area contributed by atoms with Crippen LogP contribution >= 0.6 is 0 Å². The van der Waals surface area contributed by atoms with Crippen LogP contribution in [0.15, 0.2) is 11.3 Å². The fourth-order valence-electron chi connectivity index (χ4n) is 0.712. The Morgan fingerprint density at radius 3 is 2.08 bits per heavy atom. The Bertz CT molecular complexity index is 371. The molecule has 0 bridgehead atoms. The summed E-state index contributed by atoms with van der Waals surface area (Å²) in [4.78, 5) is 0. The predicted molar refractivity (Wildman–Crippen MR) is 51.4 cm³/mol. The van der Waals surface area contributed by atoms with E-state index in [0.29, 0.717) is 0 Å². The maximum atomic E-state index is 11.3. The maximum absolute atomic E-state index is 11.3. The molecule has 0 aromatic rings. The lowest BCUT2D eigenvalue weighted by atomic mass is 10.1. The second-order valence-electron chi connectivity index (χ2n) is 3.43. The summed E-state index contributed by atoms with van der Waals surface area (Å²) in [7, 11) is -3.29. The third kappa shape index (κ3) is 2.22. The highest BCUT2D eigenvalue weighted by Crippen LogP contribution is 2.23. The fourth-order valence-corrected chi connectivity index (χ4v) is 1.26. The lowest BCUT2D eigenvalue weighted by Crippen LogP contribution is -2.37. The summed E-state index contributed by atoms with van der Waals surface area (Å²) in [6, 6.07) is 1.83. The van der Waals surface area contributed by atoms with E-state index in [9.17, 15) is 8.42 Å². The van der Waals surface area contributed by atoms with Gasteiger partial charge in [0, 0.05) is 17.5 Å². The van der Waals surface area contributed by atoms with Crippen LogP contribution in [0, 0.1) is 11.3 Å². The summed E-state index contributed by atoms with van der Waals surface area (Å²) < 4.78 is 21.4. The molecule has 13 heavy (non-hydrogen) atoms. The van der Waals surface area contributed by atoms with Gasteiger partial charge in [-0.3, -0.25) is 0 Å². The number of rotatable bonds is 2. The van der Waals surface area contributed by atoms with Gasteiger partial charge < -0.3 is 5.73 Å². The summed E-state index contributed by atoms with van der Waals surface area (Å²) in [5, 5.41) is 8.55. The van der Waals surface area contributed by atoms with Gasteiger partial charge in [-0.05, 0) is 20.8 Å². The Labute approximate surface area is 79.0 Å². The van der Waals surface area contributed by atoms with E-state index in [1.807, 2.05) is 6.07 Å². The molecule has 0 saturated carbocycles. The highest BCUT2D eigenvalue weighted by Gasteiger charge is 2.34. The summed E-state index contributed by atoms with van der Waals surface area (Å²) in [5.41, 5.74) is 5.92. The highest BCUT2D eigenvalue weighted by molar-refractivity contribution is 7.92. The Morgan fingerprint density at radius 1 is 1.46 bits per heavy atom. The molecule has 0 fully saturated rings. The number of hydrogen-bond acceptors (Lipinski definition) is 4. The van der Waals surface area contributed by atoms with Crippen molar-refractivity contribution in [1.29, 1.82) is 5.26 Å². The number of nitriles is 1. The normalized spacial score (nSPS) is 14.7. The molecule has 0 aromatic carbocycles. The molecule has 0 heterocycles. The molecule has 0 unspecified atom stereocenters. The molecule has 0 aliphatic heterocycles. The lowest BCUT2D eigenvalue weighted by molar-refractivity contribution is 0.571. The van der Waals surface area contributed by atoms with Crippen LogP contribution in [0.3, 0.4) is 0 Å². The van der Waals surface area contributed by atoms with Gasteiger partial charge in [0.15, 0.2) is 9.84 Å². The van der Waals surface area contributed by atoms with E-state index in [-0.39, 0.29) is 11.3 Å². The van der Waals surface area contributed by atoms with E-state index in [4.69, 9.17) is 11.0 Å². The van der Waals surface area contributed by atoms with Crippen LogP contribution in [0.4, 0.5) is 0 Å². The largest absolute Gasteiger partial charge is 0.400 e. The van der Waals surface area contributed by atoms with E-state index >= 15 is 0 Å². The predicted octanol–water partition coefficient (Wildman–Crippen LogP) is 0.566. The molecule has 0 radical (unpaired) electrons. The molecule has 0 aliphatic rings. The molecule has 74 valence electrons. The summed E-state index contributed by atoms with van der Waals surface area (Å²) in [6.45, 7) is 4.47. The monoisotopic (exact) mass is 202 g/mol. The first-order valence-corrected chi connectivity index (χ1v) is 5.60.